The number of ketones is 1. The molecule has 3 atom stereocenters. The van der Waals surface area contributed by atoms with Crippen LogP contribution in [0.3, 0.4) is 0 Å². The van der Waals surface area contributed by atoms with Crippen molar-refractivity contribution in [3.63, 3.8) is 0 Å². The average Bonchev–Trinajstić information content (AvgIpc) is 2.09. The van der Waals surface area contributed by atoms with Crippen molar-refractivity contribution in [2.75, 3.05) is 0 Å². The zero-order valence-corrected chi connectivity index (χ0v) is 10.1. The maximum atomic E-state index is 11.8. The van der Waals surface area contributed by atoms with Crippen LogP contribution in [-0.2, 0) is 9.59 Å². The summed E-state index contributed by atoms with van der Waals surface area (Å²) in [7, 11) is 0. The second-order valence-electron chi connectivity index (χ2n) is 4.02. The van der Waals surface area contributed by atoms with Crippen molar-refractivity contribution in [2.24, 2.45) is 11.8 Å². The van der Waals surface area contributed by atoms with Gasteiger partial charge in [0.1, 0.15) is 0 Å². The van der Waals surface area contributed by atoms with Crippen LogP contribution in [-0.4, -0.2) is 21.5 Å². The van der Waals surface area contributed by atoms with Gasteiger partial charge in [-0.05, 0) is 12.8 Å². The summed E-state index contributed by atoms with van der Waals surface area (Å²) in [4.78, 5) is 23.4. The van der Waals surface area contributed by atoms with Crippen molar-refractivity contribution in [3.05, 3.63) is 0 Å². The Labute approximate surface area is 102 Å². The highest BCUT2D eigenvalue weighted by Gasteiger charge is 2.51. The monoisotopic (exact) mass is 269 g/mol. The summed E-state index contributed by atoms with van der Waals surface area (Å²) < 4.78 is -1.61. The van der Waals surface area contributed by atoms with Gasteiger partial charge >= 0.3 is 0 Å². The molecule has 0 spiro atoms. The third-order valence-electron chi connectivity index (χ3n) is 3.09. The lowest BCUT2D eigenvalue weighted by molar-refractivity contribution is -0.144. The molecule has 2 rings (SSSR count). The summed E-state index contributed by atoms with van der Waals surface area (Å²) in [6.45, 7) is 0. The highest BCUT2D eigenvalue weighted by atomic mass is 35.6. The maximum absolute atomic E-state index is 11.8. The van der Waals surface area contributed by atoms with E-state index in [9.17, 15) is 9.59 Å². The van der Waals surface area contributed by atoms with E-state index < -0.39 is 15.8 Å². The first-order valence-electron chi connectivity index (χ1n) is 4.82. The minimum atomic E-state index is -1.61. The standard InChI is InChI=1S/C9H10Cl3NO2/c10-9(11,12)7-4-2-1-3-5(6(4)14)8(15)13-7/h4-5,7H,1-3H2,(H,13,15). The van der Waals surface area contributed by atoms with Gasteiger partial charge in [-0.3, -0.25) is 9.59 Å². The Morgan fingerprint density at radius 3 is 2.47 bits per heavy atom. The van der Waals surface area contributed by atoms with Crippen molar-refractivity contribution in [2.45, 2.75) is 29.1 Å². The molecule has 1 amide bonds. The Kier molecular flexibility index (Phi) is 2.91. The number of halogens is 3. The molecule has 0 aromatic carbocycles. The van der Waals surface area contributed by atoms with E-state index in [0.29, 0.717) is 12.8 Å². The molecular weight excluding hydrogens is 260 g/mol. The first-order chi connectivity index (χ1) is 6.91. The molecule has 1 heterocycles. The molecule has 0 radical (unpaired) electrons. The fraction of sp³-hybridized carbons (Fsp3) is 0.778. The first-order valence-corrected chi connectivity index (χ1v) is 5.95. The van der Waals surface area contributed by atoms with E-state index in [1.165, 1.54) is 0 Å². The highest BCUT2D eigenvalue weighted by Crippen LogP contribution is 2.41. The maximum Gasteiger partial charge on any atom is 0.230 e. The Balaban J connectivity index is 2.29. The molecule has 2 bridgehead atoms. The van der Waals surface area contributed by atoms with Crippen molar-refractivity contribution < 1.29 is 9.59 Å². The van der Waals surface area contributed by atoms with Gasteiger partial charge in [-0.1, -0.05) is 41.2 Å². The van der Waals surface area contributed by atoms with Crippen LogP contribution >= 0.6 is 34.8 Å². The molecule has 0 aromatic heterocycles. The van der Waals surface area contributed by atoms with Gasteiger partial charge in [-0.2, -0.15) is 0 Å². The van der Waals surface area contributed by atoms with Crippen LogP contribution in [0.2, 0.25) is 0 Å². The number of rotatable bonds is 0. The van der Waals surface area contributed by atoms with Gasteiger partial charge in [0, 0.05) is 5.92 Å². The Morgan fingerprint density at radius 2 is 1.87 bits per heavy atom. The van der Waals surface area contributed by atoms with Crippen molar-refractivity contribution in [3.8, 4) is 0 Å². The average molecular weight is 271 g/mol. The van der Waals surface area contributed by atoms with Gasteiger partial charge in [0.2, 0.25) is 9.70 Å². The lowest BCUT2D eigenvalue weighted by atomic mass is 9.73. The SMILES string of the molecule is O=C1NC(C(Cl)(Cl)Cl)C2CCCC1C2=O. The van der Waals surface area contributed by atoms with E-state index in [0.717, 1.165) is 6.42 Å². The number of amides is 1. The third kappa shape index (κ3) is 1.97. The lowest BCUT2D eigenvalue weighted by Gasteiger charge is -2.41. The number of hydrogen-bond acceptors (Lipinski definition) is 2. The summed E-state index contributed by atoms with van der Waals surface area (Å²) in [5.74, 6) is -1.23. The Bertz CT molecular complexity index is 313. The van der Waals surface area contributed by atoms with Gasteiger partial charge in [0.15, 0.2) is 5.78 Å². The smallest absolute Gasteiger partial charge is 0.230 e. The zero-order valence-electron chi connectivity index (χ0n) is 7.80. The molecule has 1 saturated carbocycles. The van der Waals surface area contributed by atoms with Gasteiger partial charge in [0.25, 0.3) is 0 Å². The minimum absolute atomic E-state index is 0.0682. The van der Waals surface area contributed by atoms with E-state index in [4.69, 9.17) is 34.8 Å². The number of alkyl halides is 3. The first kappa shape index (κ1) is 11.5. The van der Waals surface area contributed by atoms with Gasteiger partial charge in [0.05, 0.1) is 12.0 Å². The molecule has 1 aliphatic carbocycles. The van der Waals surface area contributed by atoms with E-state index in [2.05, 4.69) is 5.32 Å². The molecule has 2 fully saturated rings. The molecule has 84 valence electrons. The van der Waals surface area contributed by atoms with Crippen LogP contribution in [0.15, 0.2) is 0 Å². The largest absolute Gasteiger partial charge is 0.348 e. The predicted molar refractivity (Wildman–Crippen MR) is 58.1 cm³/mol. The van der Waals surface area contributed by atoms with E-state index in [-0.39, 0.29) is 17.6 Å². The van der Waals surface area contributed by atoms with Crippen LogP contribution in [0, 0.1) is 11.8 Å². The fourth-order valence-corrected chi connectivity index (χ4v) is 2.96. The van der Waals surface area contributed by atoms with Crippen molar-refractivity contribution in [1.29, 1.82) is 0 Å². The molecule has 15 heavy (non-hydrogen) atoms. The van der Waals surface area contributed by atoms with Crippen LogP contribution in [0.5, 0.6) is 0 Å². The van der Waals surface area contributed by atoms with E-state index in [1.54, 1.807) is 0 Å². The lowest BCUT2D eigenvalue weighted by Crippen LogP contribution is -2.61. The highest BCUT2D eigenvalue weighted by molar-refractivity contribution is 6.68. The Morgan fingerprint density at radius 1 is 1.20 bits per heavy atom. The summed E-state index contributed by atoms with van der Waals surface area (Å²) in [5.41, 5.74) is 0. The van der Waals surface area contributed by atoms with Crippen LogP contribution in [0.4, 0.5) is 0 Å². The minimum Gasteiger partial charge on any atom is -0.348 e. The van der Waals surface area contributed by atoms with E-state index >= 15 is 0 Å². The third-order valence-corrected chi connectivity index (χ3v) is 3.79. The van der Waals surface area contributed by atoms with Crippen LogP contribution < -0.4 is 5.32 Å². The van der Waals surface area contributed by atoms with Crippen LogP contribution in [0.25, 0.3) is 0 Å². The zero-order chi connectivity index (χ0) is 11.2. The molecule has 3 nitrogen and oxygen atoms in total. The second-order valence-corrected chi connectivity index (χ2v) is 6.39. The quantitative estimate of drug-likeness (QED) is 0.539. The molecule has 1 saturated heterocycles. The summed E-state index contributed by atoms with van der Waals surface area (Å²) >= 11 is 17.3. The number of Topliss-reactive ketones (excluding diaryl/α,β-unsaturated/α-hetero) is 1. The van der Waals surface area contributed by atoms with Gasteiger partial charge in [-0.25, -0.2) is 0 Å². The molecule has 2 aliphatic rings. The molecule has 1 N–H and O–H groups in total. The van der Waals surface area contributed by atoms with Crippen molar-refractivity contribution >= 4 is 46.5 Å². The normalized spacial score (nSPS) is 36.3. The number of piperidine rings is 1. The van der Waals surface area contributed by atoms with Crippen LogP contribution in [0.1, 0.15) is 19.3 Å². The Hall–Kier alpha value is 0.01000. The summed E-state index contributed by atoms with van der Waals surface area (Å²) in [6.07, 6.45) is 2.15. The molecular formula is C9H10Cl3NO2. The number of carbonyl (C=O) groups is 2. The predicted octanol–water partition coefficient (Wildman–Crippen LogP) is 1.84. The van der Waals surface area contributed by atoms with Crippen molar-refractivity contribution in [1.82, 2.24) is 5.32 Å². The second kappa shape index (κ2) is 3.79. The molecule has 1 aliphatic heterocycles. The van der Waals surface area contributed by atoms with E-state index in [1.807, 2.05) is 0 Å². The summed E-state index contributed by atoms with van der Waals surface area (Å²) in [6, 6.07) is -0.681. The number of hydrogen-bond donors (Lipinski definition) is 1. The number of fused-ring (bicyclic) bond motifs is 2. The topological polar surface area (TPSA) is 46.2 Å². The summed E-state index contributed by atoms with van der Waals surface area (Å²) in [5, 5.41) is 2.63. The fourth-order valence-electron chi connectivity index (χ4n) is 2.34. The number of carbonyl (C=O) groups excluding carboxylic acids is 2. The van der Waals surface area contributed by atoms with Gasteiger partial charge in [-0.15, -0.1) is 0 Å². The molecule has 0 aromatic rings. The molecule has 3 unspecified atom stereocenters. The number of nitrogens with one attached hydrogen (secondary N) is 1. The molecule has 6 heteroatoms. The van der Waals surface area contributed by atoms with Gasteiger partial charge < -0.3 is 5.32 Å².